The van der Waals surface area contributed by atoms with E-state index in [4.69, 9.17) is 0 Å². The van der Waals surface area contributed by atoms with Crippen molar-refractivity contribution in [3.05, 3.63) is 47.5 Å². The van der Waals surface area contributed by atoms with Crippen LogP contribution in [0.15, 0.2) is 30.5 Å². The second-order valence-electron chi connectivity index (χ2n) is 5.77. The van der Waals surface area contributed by atoms with Gasteiger partial charge in [-0.3, -0.25) is 4.79 Å². The van der Waals surface area contributed by atoms with Crippen molar-refractivity contribution < 1.29 is 19.1 Å². The summed E-state index contributed by atoms with van der Waals surface area (Å²) in [6.07, 6.45) is 2.30. The van der Waals surface area contributed by atoms with Gasteiger partial charge in [0.1, 0.15) is 11.4 Å². The third-order valence-corrected chi connectivity index (χ3v) is 3.62. The molecule has 0 bridgehead atoms. The summed E-state index contributed by atoms with van der Waals surface area (Å²) in [6, 6.07) is 6.01. The molecule has 0 saturated heterocycles. The molecular weight excluding hydrogens is 315 g/mol. The number of carbonyl (C=O) groups excluding carboxylic acids is 1. The number of aromatic nitrogens is 3. The van der Waals surface area contributed by atoms with Gasteiger partial charge in [-0.25, -0.2) is 13.9 Å². The molecule has 1 heterocycles. The van der Waals surface area contributed by atoms with E-state index in [-0.39, 0.29) is 18.1 Å². The first-order chi connectivity index (χ1) is 11.3. The van der Waals surface area contributed by atoms with E-state index in [0.717, 1.165) is 0 Å². The number of aliphatic carboxylic acids is 1. The van der Waals surface area contributed by atoms with Crippen LogP contribution in [0.5, 0.6) is 0 Å². The van der Waals surface area contributed by atoms with E-state index in [9.17, 15) is 19.1 Å². The van der Waals surface area contributed by atoms with Gasteiger partial charge in [-0.2, -0.15) is 0 Å². The molecule has 24 heavy (non-hydrogen) atoms. The van der Waals surface area contributed by atoms with Gasteiger partial charge in [0.2, 0.25) is 0 Å². The zero-order chi connectivity index (χ0) is 17.7. The van der Waals surface area contributed by atoms with E-state index in [0.29, 0.717) is 18.4 Å². The lowest BCUT2D eigenvalue weighted by Crippen LogP contribution is -2.52. The lowest BCUT2D eigenvalue weighted by Gasteiger charge is -2.25. The molecule has 0 saturated carbocycles. The highest BCUT2D eigenvalue weighted by atomic mass is 19.1. The molecule has 1 amide bonds. The number of rotatable bonds is 7. The maximum atomic E-state index is 13.2. The topological polar surface area (TPSA) is 97.1 Å². The molecule has 1 aromatic carbocycles. The first kappa shape index (κ1) is 17.6. The van der Waals surface area contributed by atoms with Gasteiger partial charge in [-0.1, -0.05) is 30.7 Å². The fourth-order valence-corrected chi connectivity index (χ4v) is 2.34. The van der Waals surface area contributed by atoms with Gasteiger partial charge in [-0.05, 0) is 31.0 Å². The van der Waals surface area contributed by atoms with Gasteiger partial charge >= 0.3 is 5.97 Å². The fourth-order valence-electron chi connectivity index (χ4n) is 2.34. The molecule has 1 atom stereocenters. The molecule has 0 spiro atoms. The Morgan fingerprint density at radius 2 is 2.17 bits per heavy atom. The molecule has 128 valence electrons. The number of nitrogens with zero attached hydrogens (tertiary/aromatic N) is 3. The number of carboxylic acids is 1. The highest BCUT2D eigenvalue weighted by molar-refractivity contribution is 5.95. The van der Waals surface area contributed by atoms with Gasteiger partial charge in [0, 0.05) is 0 Å². The predicted octanol–water partition coefficient (Wildman–Crippen LogP) is 1.84. The first-order valence-electron chi connectivity index (χ1n) is 7.54. The molecule has 0 aliphatic carbocycles. The van der Waals surface area contributed by atoms with E-state index < -0.39 is 17.4 Å². The summed E-state index contributed by atoms with van der Waals surface area (Å²) in [6.45, 7) is 3.54. The summed E-state index contributed by atoms with van der Waals surface area (Å²) < 4.78 is 14.6. The molecule has 0 radical (unpaired) electrons. The lowest BCUT2D eigenvalue weighted by molar-refractivity contribution is -0.144. The molecule has 1 aromatic heterocycles. The predicted molar refractivity (Wildman–Crippen MR) is 83.9 cm³/mol. The summed E-state index contributed by atoms with van der Waals surface area (Å²) in [7, 11) is 0. The van der Waals surface area contributed by atoms with E-state index in [1.807, 2.05) is 6.92 Å². The Morgan fingerprint density at radius 1 is 1.42 bits per heavy atom. The number of carboxylic acid groups (broad SMARTS) is 1. The minimum absolute atomic E-state index is 0.00924. The zero-order valence-corrected chi connectivity index (χ0v) is 13.5. The van der Waals surface area contributed by atoms with Crippen molar-refractivity contribution in [3.63, 3.8) is 0 Å². The Labute approximate surface area is 138 Å². The fraction of sp³-hybridized carbons (Fsp3) is 0.375. The largest absolute Gasteiger partial charge is 0.480 e. The Hall–Kier alpha value is -2.77. The SMILES string of the molecule is CCCC(C)(NC(=O)c1cn(Cc2cccc(F)c2)nn1)C(=O)O. The molecule has 1 unspecified atom stereocenters. The Kier molecular flexibility index (Phi) is 5.28. The van der Waals surface area contributed by atoms with Crippen LogP contribution < -0.4 is 5.32 Å². The van der Waals surface area contributed by atoms with Crippen LogP contribution >= 0.6 is 0 Å². The van der Waals surface area contributed by atoms with E-state index in [1.54, 1.807) is 12.1 Å². The first-order valence-corrected chi connectivity index (χ1v) is 7.54. The minimum Gasteiger partial charge on any atom is -0.480 e. The van der Waals surface area contributed by atoms with Gasteiger partial charge in [0.05, 0.1) is 12.7 Å². The van der Waals surface area contributed by atoms with Gasteiger partial charge in [-0.15, -0.1) is 5.10 Å². The summed E-state index contributed by atoms with van der Waals surface area (Å²) in [5, 5.41) is 19.3. The van der Waals surface area contributed by atoms with E-state index >= 15 is 0 Å². The second-order valence-corrected chi connectivity index (χ2v) is 5.77. The molecule has 7 nitrogen and oxygen atoms in total. The summed E-state index contributed by atoms with van der Waals surface area (Å²) >= 11 is 0. The van der Waals surface area contributed by atoms with Crippen molar-refractivity contribution in [3.8, 4) is 0 Å². The zero-order valence-electron chi connectivity index (χ0n) is 13.5. The number of hydrogen-bond acceptors (Lipinski definition) is 4. The normalized spacial score (nSPS) is 13.3. The van der Waals surface area contributed by atoms with Crippen molar-refractivity contribution in [1.29, 1.82) is 0 Å². The van der Waals surface area contributed by atoms with Crippen molar-refractivity contribution in [1.82, 2.24) is 20.3 Å². The van der Waals surface area contributed by atoms with Gasteiger partial charge in [0.15, 0.2) is 5.69 Å². The Morgan fingerprint density at radius 3 is 2.79 bits per heavy atom. The van der Waals surface area contributed by atoms with Crippen LogP contribution in [0.4, 0.5) is 4.39 Å². The van der Waals surface area contributed by atoms with Crippen molar-refractivity contribution in [2.45, 2.75) is 38.8 Å². The molecular formula is C16H19FN4O3. The Bertz CT molecular complexity index is 746. The van der Waals surface area contributed by atoms with Crippen LogP contribution in [0, 0.1) is 5.82 Å². The minimum atomic E-state index is -1.36. The monoisotopic (exact) mass is 334 g/mol. The van der Waals surface area contributed by atoms with E-state index in [2.05, 4.69) is 15.6 Å². The average molecular weight is 334 g/mol. The van der Waals surface area contributed by atoms with Crippen LogP contribution in [-0.4, -0.2) is 37.5 Å². The Balaban J connectivity index is 2.09. The number of carbonyl (C=O) groups is 2. The van der Waals surface area contributed by atoms with E-state index in [1.165, 1.54) is 29.9 Å². The molecule has 0 fully saturated rings. The van der Waals surface area contributed by atoms with Crippen LogP contribution in [0.1, 0.15) is 42.7 Å². The highest BCUT2D eigenvalue weighted by Crippen LogP contribution is 2.13. The summed E-state index contributed by atoms with van der Waals surface area (Å²) in [5.74, 6) is -2.08. The van der Waals surface area contributed by atoms with Crippen LogP contribution in [-0.2, 0) is 11.3 Å². The van der Waals surface area contributed by atoms with Crippen LogP contribution in [0.2, 0.25) is 0 Å². The molecule has 2 N–H and O–H groups in total. The highest BCUT2D eigenvalue weighted by Gasteiger charge is 2.34. The summed E-state index contributed by atoms with van der Waals surface area (Å²) in [4.78, 5) is 23.6. The van der Waals surface area contributed by atoms with Gasteiger partial charge < -0.3 is 10.4 Å². The maximum absolute atomic E-state index is 13.2. The number of halogens is 1. The molecule has 0 aliphatic heterocycles. The lowest BCUT2D eigenvalue weighted by atomic mass is 9.96. The third-order valence-electron chi connectivity index (χ3n) is 3.62. The molecule has 0 aliphatic rings. The number of benzene rings is 1. The quantitative estimate of drug-likeness (QED) is 0.805. The van der Waals surface area contributed by atoms with Crippen molar-refractivity contribution >= 4 is 11.9 Å². The smallest absolute Gasteiger partial charge is 0.329 e. The summed E-state index contributed by atoms with van der Waals surface area (Å²) in [5.41, 5.74) is -0.679. The van der Waals surface area contributed by atoms with Gasteiger partial charge in [0.25, 0.3) is 5.91 Å². The third kappa shape index (κ3) is 4.15. The average Bonchev–Trinajstić information content (AvgIpc) is 2.96. The number of hydrogen-bond donors (Lipinski definition) is 2. The standard InChI is InChI=1S/C16H19FN4O3/c1-3-7-16(2,15(23)24)18-14(22)13-10-21(20-19-13)9-11-5-4-6-12(17)8-11/h4-6,8,10H,3,7,9H2,1-2H3,(H,18,22)(H,23,24). The molecule has 8 heteroatoms. The number of nitrogens with one attached hydrogen (secondary N) is 1. The van der Waals surface area contributed by atoms with Crippen molar-refractivity contribution in [2.24, 2.45) is 0 Å². The molecule has 2 aromatic rings. The number of amides is 1. The maximum Gasteiger partial charge on any atom is 0.329 e. The van der Waals surface area contributed by atoms with Crippen molar-refractivity contribution in [2.75, 3.05) is 0 Å². The molecule has 2 rings (SSSR count). The van der Waals surface area contributed by atoms with Crippen LogP contribution in [0.25, 0.3) is 0 Å². The van der Waals surface area contributed by atoms with Crippen LogP contribution in [0.3, 0.4) is 0 Å². The second kappa shape index (κ2) is 7.20.